The number of alkyl halides is 3. The topological polar surface area (TPSA) is 38.9 Å². The van der Waals surface area contributed by atoms with Crippen molar-refractivity contribution in [3.8, 4) is 0 Å². The fraction of sp³-hybridized carbons (Fsp3) is 0.364. The minimum absolute atomic E-state index is 0.309. The first-order valence-corrected chi connectivity index (χ1v) is 9.68. The van der Waals surface area contributed by atoms with Gasteiger partial charge in [0, 0.05) is 0 Å². The molecule has 0 fully saturated rings. The van der Waals surface area contributed by atoms with Gasteiger partial charge in [0.1, 0.15) is 0 Å². The standard InChI is InChI=1S/C11H13F3N2SSi/c1-18(2,3)8-5-6(11(12,13)14)4-7-9(8)16-10(15)17-7/h4-5H,1-3H3,(H2,15,16). The van der Waals surface area contributed by atoms with Crippen molar-refractivity contribution in [1.82, 2.24) is 4.98 Å². The molecule has 2 rings (SSSR count). The Bertz CT molecular complexity index is 599. The molecule has 98 valence electrons. The number of rotatable bonds is 1. The Balaban J connectivity index is 2.81. The lowest BCUT2D eigenvalue weighted by atomic mass is 10.2. The second-order valence-electron chi connectivity index (χ2n) is 5.17. The Hall–Kier alpha value is -1.08. The van der Waals surface area contributed by atoms with Crippen molar-refractivity contribution >= 4 is 39.9 Å². The van der Waals surface area contributed by atoms with E-state index < -0.39 is 19.8 Å². The summed E-state index contributed by atoms with van der Waals surface area (Å²) in [6.45, 7) is 5.99. The summed E-state index contributed by atoms with van der Waals surface area (Å²) in [5, 5.41) is 1.02. The van der Waals surface area contributed by atoms with Gasteiger partial charge in [0.2, 0.25) is 0 Å². The summed E-state index contributed by atoms with van der Waals surface area (Å²) in [5.74, 6) is 0. The molecule has 2 nitrogen and oxygen atoms in total. The lowest BCUT2D eigenvalue weighted by Crippen LogP contribution is -2.39. The highest BCUT2D eigenvalue weighted by Crippen LogP contribution is 2.33. The summed E-state index contributed by atoms with van der Waals surface area (Å²) in [4.78, 5) is 4.17. The van der Waals surface area contributed by atoms with Crippen LogP contribution in [0.25, 0.3) is 10.2 Å². The smallest absolute Gasteiger partial charge is 0.375 e. The molecule has 0 bridgehead atoms. The number of nitrogen functional groups attached to an aromatic ring is 1. The zero-order chi connectivity index (χ0) is 13.7. The highest BCUT2D eigenvalue weighted by Gasteiger charge is 2.33. The van der Waals surface area contributed by atoms with E-state index in [4.69, 9.17) is 5.73 Å². The molecule has 0 amide bonds. The van der Waals surface area contributed by atoms with E-state index in [2.05, 4.69) is 4.98 Å². The third-order valence-corrected chi connectivity index (χ3v) is 5.48. The minimum Gasteiger partial charge on any atom is -0.375 e. The predicted molar refractivity (Wildman–Crippen MR) is 72.0 cm³/mol. The second-order valence-corrected chi connectivity index (χ2v) is 11.3. The fourth-order valence-corrected chi connectivity index (χ4v) is 4.16. The van der Waals surface area contributed by atoms with Crippen LogP contribution in [-0.2, 0) is 6.18 Å². The Morgan fingerprint density at radius 3 is 2.33 bits per heavy atom. The van der Waals surface area contributed by atoms with Gasteiger partial charge in [0.05, 0.1) is 23.9 Å². The molecule has 0 radical (unpaired) electrons. The summed E-state index contributed by atoms with van der Waals surface area (Å²) in [6.07, 6.45) is -4.33. The van der Waals surface area contributed by atoms with Crippen LogP contribution in [0.5, 0.6) is 0 Å². The van der Waals surface area contributed by atoms with Gasteiger partial charge in [0.15, 0.2) is 5.13 Å². The molecule has 18 heavy (non-hydrogen) atoms. The van der Waals surface area contributed by atoms with Crippen LogP contribution in [0.1, 0.15) is 5.56 Å². The summed E-state index contributed by atoms with van der Waals surface area (Å²) >= 11 is 1.10. The largest absolute Gasteiger partial charge is 0.416 e. The van der Waals surface area contributed by atoms with Crippen molar-refractivity contribution in [3.05, 3.63) is 17.7 Å². The zero-order valence-corrected chi connectivity index (χ0v) is 12.0. The fourth-order valence-electron chi connectivity index (χ4n) is 1.78. The summed E-state index contributed by atoms with van der Waals surface area (Å²) in [6, 6.07) is 2.36. The van der Waals surface area contributed by atoms with E-state index in [1.54, 1.807) is 0 Å². The molecule has 0 saturated heterocycles. The summed E-state index contributed by atoms with van der Waals surface area (Å²) in [7, 11) is -1.91. The Morgan fingerprint density at radius 1 is 1.22 bits per heavy atom. The van der Waals surface area contributed by atoms with Gasteiger partial charge in [-0.15, -0.1) is 0 Å². The highest BCUT2D eigenvalue weighted by molar-refractivity contribution is 7.22. The molecule has 0 spiro atoms. The average molecular weight is 290 g/mol. The third-order valence-electron chi connectivity index (χ3n) is 2.65. The molecule has 0 aliphatic carbocycles. The Labute approximate surface area is 108 Å². The van der Waals surface area contributed by atoms with Crippen LogP contribution in [0.3, 0.4) is 0 Å². The monoisotopic (exact) mass is 290 g/mol. The van der Waals surface area contributed by atoms with Crippen molar-refractivity contribution in [2.45, 2.75) is 25.8 Å². The van der Waals surface area contributed by atoms with E-state index in [0.717, 1.165) is 17.4 Å². The Morgan fingerprint density at radius 2 is 1.83 bits per heavy atom. The molecule has 2 aromatic rings. The van der Waals surface area contributed by atoms with Crippen molar-refractivity contribution < 1.29 is 13.2 Å². The van der Waals surface area contributed by atoms with Gasteiger partial charge in [0.25, 0.3) is 0 Å². The number of nitrogens with two attached hydrogens (primary N) is 1. The van der Waals surface area contributed by atoms with E-state index in [-0.39, 0.29) is 0 Å². The van der Waals surface area contributed by atoms with Crippen LogP contribution in [0.2, 0.25) is 19.6 Å². The highest BCUT2D eigenvalue weighted by atomic mass is 32.1. The van der Waals surface area contributed by atoms with Crippen LogP contribution in [0.15, 0.2) is 12.1 Å². The first kappa shape index (κ1) is 13.4. The molecule has 0 aliphatic rings. The van der Waals surface area contributed by atoms with Gasteiger partial charge >= 0.3 is 6.18 Å². The molecule has 7 heteroatoms. The predicted octanol–water partition coefficient (Wildman–Crippen LogP) is 3.44. The molecular weight excluding hydrogens is 277 g/mol. The zero-order valence-electron chi connectivity index (χ0n) is 10.2. The molecular formula is C11H13F3N2SSi. The quantitative estimate of drug-likeness (QED) is 0.817. The molecule has 0 aliphatic heterocycles. The van der Waals surface area contributed by atoms with Crippen molar-refractivity contribution in [2.24, 2.45) is 0 Å². The van der Waals surface area contributed by atoms with Crippen LogP contribution >= 0.6 is 11.3 Å². The maximum absolute atomic E-state index is 12.9. The van der Waals surface area contributed by atoms with Gasteiger partial charge in [-0.2, -0.15) is 13.2 Å². The molecule has 0 saturated carbocycles. The molecule has 1 aromatic heterocycles. The number of fused-ring (bicyclic) bond motifs is 1. The number of benzene rings is 1. The number of nitrogens with zero attached hydrogens (tertiary/aromatic N) is 1. The lowest BCUT2D eigenvalue weighted by molar-refractivity contribution is -0.137. The maximum Gasteiger partial charge on any atom is 0.416 e. The number of anilines is 1. The van der Waals surface area contributed by atoms with E-state index in [1.165, 1.54) is 6.07 Å². The van der Waals surface area contributed by atoms with E-state index in [1.807, 2.05) is 19.6 Å². The van der Waals surface area contributed by atoms with Gasteiger partial charge in [-0.1, -0.05) is 31.0 Å². The molecule has 0 unspecified atom stereocenters. The molecule has 1 aromatic carbocycles. The lowest BCUT2D eigenvalue weighted by Gasteiger charge is -2.19. The van der Waals surface area contributed by atoms with Gasteiger partial charge in [-0.05, 0) is 17.3 Å². The van der Waals surface area contributed by atoms with Crippen molar-refractivity contribution in [2.75, 3.05) is 5.73 Å². The van der Waals surface area contributed by atoms with Crippen LogP contribution < -0.4 is 10.9 Å². The number of hydrogen-bond donors (Lipinski definition) is 1. The van der Waals surface area contributed by atoms with E-state index >= 15 is 0 Å². The SMILES string of the molecule is C[Si](C)(C)c1cc(C(F)(F)F)cc2sc(N)nc12. The Kier molecular flexibility index (Phi) is 2.94. The van der Waals surface area contributed by atoms with Gasteiger partial charge in [-0.3, -0.25) is 0 Å². The normalized spacial score (nSPS) is 13.2. The average Bonchev–Trinajstić information content (AvgIpc) is 2.52. The maximum atomic E-state index is 12.9. The van der Waals surface area contributed by atoms with Crippen molar-refractivity contribution in [3.63, 3.8) is 0 Å². The van der Waals surface area contributed by atoms with Gasteiger partial charge in [-0.25, -0.2) is 4.98 Å². The minimum atomic E-state index is -4.33. The van der Waals surface area contributed by atoms with E-state index in [0.29, 0.717) is 20.5 Å². The van der Waals surface area contributed by atoms with Crippen LogP contribution in [0.4, 0.5) is 18.3 Å². The molecule has 2 N–H and O–H groups in total. The number of halogens is 3. The van der Waals surface area contributed by atoms with Crippen molar-refractivity contribution in [1.29, 1.82) is 0 Å². The second kappa shape index (κ2) is 3.96. The van der Waals surface area contributed by atoms with Crippen LogP contribution in [0, 0.1) is 0 Å². The molecule has 0 atom stereocenters. The number of thiazole rings is 1. The number of hydrogen-bond acceptors (Lipinski definition) is 3. The third kappa shape index (κ3) is 2.37. The number of aromatic nitrogens is 1. The van der Waals surface area contributed by atoms with Crippen LogP contribution in [-0.4, -0.2) is 13.1 Å². The molecule has 1 heterocycles. The first-order chi connectivity index (χ1) is 8.09. The van der Waals surface area contributed by atoms with Gasteiger partial charge < -0.3 is 5.73 Å². The van der Waals surface area contributed by atoms with E-state index in [9.17, 15) is 13.2 Å². The first-order valence-electron chi connectivity index (χ1n) is 5.37. The summed E-state index contributed by atoms with van der Waals surface area (Å²) in [5.41, 5.74) is 5.62. The summed E-state index contributed by atoms with van der Waals surface area (Å²) < 4.78 is 39.1.